The molecule has 0 N–H and O–H groups in total. The van der Waals surface area contributed by atoms with Crippen LogP contribution in [0, 0.1) is 0 Å². The number of fused-ring (bicyclic) bond motifs is 1. The molecule has 0 fully saturated rings. The first-order valence-electron chi connectivity index (χ1n) is 8.53. The standard InChI is InChI=1S/C22H17Cl2NO/c23-18-10-8-16(9-11-18)21-20-7-2-1-4-15(20)12-13-25(21)22(26)17-5-3-6-19(24)14-17/h1-11,14,21H,12-13H2/t21-/m0/s1. The van der Waals surface area contributed by atoms with Gasteiger partial charge in [-0.15, -0.1) is 0 Å². The molecule has 1 aliphatic heterocycles. The van der Waals surface area contributed by atoms with E-state index in [0.29, 0.717) is 22.2 Å². The van der Waals surface area contributed by atoms with Gasteiger partial charge in [-0.3, -0.25) is 4.79 Å². The molecule has 2 nitrogen and oxygen atoms in total. The summed E-state index contributed by atoms with van der Waals surface area (Å²) in [5.74, 6) is -0.0121. The lowest BCUT2D eigenvalue weighted by Gasteiger charge is -2.38. The van der Waals surface area contributed by atoms with Crippen molar-refractivity contribution in [1.82, 2.24) is 4.90 Å². The number of rotatable bonds is 2. The monoisotopic (exact) mass is 381 g/mol. The van der Waals surface area contributed by atoms with Gasteiger partial charge in [-0.05, 0) is 53.4 Å². The van der Waals surface area contributed by atoms with Crippen molar-refractivity contribution in [1.29, 1.82) is 0 Å². The molecular weight excluding hydrogens is 365 g/mol. The molecule has 0 aliphatic carbocycles. The van der Waals surface area contributed by atoms with Gasteiger partial charge in [-0.25, -0.2) is 0 Å². The van der Waals surface area contributed by atoms with Crippen LogP contribution in [0.2, 0.25) is 10.0 Å². The van der Waals surface area contributed by atoms with Crippen molar-refractivity contribution < 1.29 is 4.79 Å². The molecule has 0 saturated heterocycles. The Kier molecular flexibility index (Phi) is 4.71. The van der Waals surface area contributed by atoms with Crippen LogP contribution in [0.15, 0.2) is 72.8 Å². The molecule has 0 unspecified atom stereocenters. The maximum absolute atomic E-state index is 13.3. The first kappa shape index (κ1) is 17.1. The minimum atomic E-state index is -0.135. The van der Waals surface area contributed by atoms with E-state index in [1.54, 1.807) is 12.1 Å². The molecule has 0 saturated carbocycles. The summed E-state index contributed by atoms with van der Waals surface area (Å²) in [4.78, 5) is 15.2. The Balaban J connectivity index is 1.80. The van der Waals surface area contributed by atoms with Crippen LogP contribution in [0.4, 0.5) is 0 Å². The summed E-state index contributed by atoms with van der Waals surface area (Å²) in [7, 11) is 0. The topological polar surface area (TPSA) is 20.3 Å². The second kappa shape index (κ2) is 7.14. The Hall–Kier alpha value is -2.29. The molecule has 4 heteroatoms. The molecule has 1 atom stereocenters. The van der Waals surface area contributed by atoms with E-state index in [9.17, 15) is 4.79 Å². The third-order valence-corrected chi connectivity index (χ3v) is 5.29. The SMILES string of the molecule is O=C(c1cccc(Cl)c1)N1CCc2ccccc2[C@@H]1c1ccc(Cl)cc1. The number of carbonyl (C=O) groups is 1. The molecule has 26 heavy (non-hydrogen) atoms. The summed E-state index contributed by atoms with van der Waals surface area (Å²) < 4.78 is 0. The first-order chi connectivity index (χ1) is 12.6. The van der Waals surface area contributed by atoms with Crippen LogP contribution in [-0.2, 0) is 6.42 Å². The smallest absolute Gasteiger partial charge is 0.254 e. The Morgan fingerprint density at radius 2 is 1.65 bits per heavy atom. The van der Waals surface area contributed by atoms with E-state index in [-0.39, 0.29) is 11.9 Å². The van der Waals surface area contributed by atoms with E-state index in [4.69, 9.17) is 23.2 Å². The van der Waals surface area contributed by atoms with E-state index < -0.39 is 0 Å². The predicted octanol–water partition coefficient (Wildman–Crippen LogP) is 5.78. The van der Waals surface area contributed by atoms with Crippen LogP contribution < -0.4 is 0 Å². The number of benzene rings is 3. The highest BCUT2D eigenvalue weighted by atomic mass is 35.5. The molecule has 0 radical (unpaired) electrons. The second-order valence-corrected chi connectivity index (χ2v) is 7.28. The minimum absolute atomic E-state index is 0.0121. The van der Waals surface area contributed by atoms with Gasteiger partial charge in [0.2, 0.25) is 0 Å². The van der Waals surface area contributed by atoms with Crippen LogP contribution in [0.5, 0.6) is 0 Å². The molecule has 4 rings (SSSR count). The van der Waals surface area contributed by atoms with Gasteiger partial charge in [0.15, 0.2) is 0 Å². The van der Waals surface area contributed by atoms with Crippen molar-refractivity contribution in [2.45, 2.75) is 12.5 Å². The quantitative estimate of drug-likeness (QED) is 0.550. The second-order valence-electron chi connectivity index (χ2n) is 6.41. The number of amides is 1. The molecule has 1 heterocycles. The third kappa shape index (κ3) is 3.23. The summed E-state index contributed by atoms with van der Waals surface area (Å²) in [5.41, 5.74) is 4.10. The van der Waals surface area contributed by atoms with Crippen LogP contribution in [0.1, 0.15) is 33.1 Å². The maximum atomic E-state index is 13.3. The van der Waals surface area contributed by atoms with Crippen molar-refractivity contribution in [3.05, 3.63) is 105 Å². The summed E-state index contributed by atoms with van der Waals surface area (Å²) >= 11 is 12.2. The van der Waals surface area contributed by atoms with Gasteiger partial charge >= 0.3 is 0 Å². The third-order valence-electron chi connectivity index (χ3n) is 4.80. The zero-order valence-corrected chi connectivity index (χ0v) is 15.5. The van der Waals surface area contributed by atoms with Crippen LogP contribution in [0.3, 0.4) is 0 Å². The Bertz CT molecular complexity index is 952. The number of carbonyl (C=O) groups excluding carboxylic acids is 1. The van der Waals surface area contributed by atoms with Crippen LogP contribution in [-0.4, -0.2) is 17.4 Å². The number of nitrogens with zero attached hydrogens (tertiary/aromatic N) is 1. The van der Waals surface area contributed by atoms with Gasteiger partial charge in [0.25, 0.3) is 5.91 Å². The lowest BCUT2D eigenvalue weighted by atomic mass is 9.87. The fraction of sp³-hybridized carbons (Fsp3) is 0.136. The fourth-order valence-electron chi connectivity index (χ4n) is 3.58. The van der Waals surface area contributed by atoms with Crippen molar-refractivity contribution in [2.24, 2.45) is 0 Å². The molecule has 1 amide bonds. The van der Waals surface area contributed by atoms with Crippen molar-refractivity contribution in [3.8, 4) is 0 Å². The fourth-order valence-corrected chi connectivity index (χ4v) is 3.89. The number of hydrogen-bond donors (Lipinski definition) is 0. The van der Waals surface area contributed by atoms with Gasteiger partial charge in [0, 0.05) is 22.2 Å². The Morgan fingerprint density at radius 3 is 2.42 bits per heavy atom. The van der Waals surface area contributed by atoms with Gasteiger partial charge in [0.1, 0.15) is 0 Å². The summed E-state index contributed by atoms with van der Waals surface area (Å²) in [6.07, 6.45) is 0.840. The molecule has 130 valence electrons. The van der Waals surface area contributed by atoms with E-state index in [2.05, 4.69) is 12.1 Å². The molecular formula is C22H17Cl2NO. The molecule has 3 aromatic carbocycles. The van der Waals surface area contributed by atoms with Gasteiger partial charge in [0.05, 0.1) is 6.04 Å². The van der Waals surface area contributed by atoms with E-state index in [1.165, 1.54) is 5.56 Å². The largest absolute Gasteiger partial charge is 0.327 e. The van der Waals surface area contributed by atoms with Crippen molar-refractivity contribution in [2.75, 3.05) is 6.54 Å². The first-order valence-corrected chi connectivity index (χ1v) is 9.29. The average molecular weight is 382 g/mol. The number of halogens is 2. The molecule has 1 aliphatic rings. The lowest BCUT2D eigenvalue weighted by Crippen LogP contribution is -2.40. The normalized spacial score (nSPS) is 16.2. The van der Waals surface area contributed by atoms with Gasteiger partial charge in [-0.2, -0.15) is 0 Å². The van der Waals surface area contributed by atoms with Gasteiger partial charge in [-0.1, -0.05) is 65.7 Å². The lowest BCUT2D eigenvalue weighted by molar-refractivity contribution is 0.0694. The van der Waals surface area contributed by atoms with Gasteiger partial charge < -0.3 is 4.90 Å². The van der Waals surface area contributed by atoms with Crippen LogP contribution in [0.25, 0.3) is 0 Å². The summed E-state index contributed by atoms with van der Waals surface area (Å²) in [6.45, 7) is 0.662. The molecule has 0 bridgehead atoms. The maximum Gasteiger partial charge on any atom is 0.254 e. The van der Waals surface area contributed by atoms with Crippen molar-refractivity contribution >= 4 is 29.1 Å². The highest BCUT2D eigenvalue weighted by Gasteiger charge is 2.32. The van der Waals surface area contributed by atoms with Crippen molar-refractivity contribution in [3.63, 3.8) is 0 Å². The Labute approximate surface area is 163 Å². The minimum Gasteiger partial charge on any atom is -0.327 e. The highest BCUT2D eigenvalue weighted by Crippen LogP contribution is 2.36. The molecule has 0 aromatic heterocycles. The highest BCUT2D eigenvalue weighted by molar-refractivity contribution is 6.31. The summed E-state index contributed by atoms with van der Waals surface area (Å²) in [5, 5.41) is 1.25. The molecule has 0 spiro atoms. The van der Waals surface area contributed by atoms with Crippen LogP contribution >= 0.6 is 23.2 Å². The zero-order chi connectivity index (χ0) is 18.1. The van der Waals surface area contributed by atoms with E-state index >= 15 is 0 Å². The average Bonchev–Trinajstić information content (AvgIpc) is 2.67. The van der Waals surface area contributed by atoms with E-state index in [1.807, 2.05) is 53.4 Å². The Morgan fingerprint density at radius 1 is 0.885 bits per heavy atom. The van der Waals surface area contributed by atoms with E-state index in [0.717, 1.165) is 17.5 Å². The summed E-state index contributed by atoms with van der Waals surface area (Å²) in [6, 6.07) is 23.0. The molecule has 3 aromatic rings. The number of hydrogen-bond acceptors (Lipinski definition) is 1. The zero-order valence-electron chi connectivity index (χ0n) is 14.0. The predicted molar refractivity (Wildman–Crippen MR) is 106 cm³/mol.